The third-order valence-electron chi connectivity index (χ3n) is 5.48. The first-order valence-electron chi connectivity index (χ1n) is 10.6. The predicted molar refractivity (Wildman–Crippen MR) is 115 cm³/mol. The topological polar surface area (TPSA) is 165 Å². The minimum atomic E-state index is -1.55. The van der Waals surface area contributed by atoms with Crippen molar-refractivity contribution in [3.8, 4) is 0 Å². The van der Waals surface area contributed by atoms with Crippen LogP contribution in [-0.2, 0) is 25.7 Å². The van der Waals surface area contributed by atoms with Crippen LogP contribution in [0.4, 0.5) is 0 Å². The first kappa shape index (κ1) is 25.3. The second-order valence-electron chi connectivity index (χ2n) is 9.24. The number of aromatic nitrogens is 2. The van der Waals surface area contributed by atoms with Crippen LogP contribution >= 0.6 is 0 Å². The number of nitrogens with zero attached hydrogens (tertiary/aromatic N) is 2. The zero-order valence-electron chi connectivity index (χ0n) is 19.0. The van der Waals surface area contributed by atoms with Crippen LogP contribution in [0.25, 0.3) is 0 Å². The molecule has 0 aliphatic heterocycles. The van der Waals surface area contributed by atoms with Crippen LogP contribution in [0.2, 0.25) is 0 Å². The monoisotopic (exact) mass is 452 g/mol. The number of aromatic amines is 1. The Labute approximate surface area is 185 Å². The highest BCUT2D eigenvalue weighted by Gasteiger charge is 2.48. The highest BCUT2D eigenvalue weighted by Crippen LogP contribution is 2.34. The van der Waals surface area contributed by atoms with Gasteiger partial charge in [-0.3, -0.25) is 23.9 Å². The maximum absolute atomic E-state index is 13.3. The Morgan fingerprint density at radius 1 is 1.25 bits per heavy atom. The summed E-state index contributed by atoms with van der Waals surface area (Å²) in [6, 6.07) is -1.27. The van der Waals surface area contributed by atoms with Crippen molar-refractivity contribution in [2.45, 2.75) is 83.5 Å². The quantitative estimate of drug-likeness (QED) is 0.491. The number of amides is 1. The molecule has 1 fully saturated rings. The predicted octanol–water partition coefficient (Wildman–Crippen LogP) is 0.130. The van der Waals surface area contributed by atoms with Gasteiger partial charge in [0.05, 0.1) is 0 Å². The molecule has 1 heterocycles. The Hall–Kier alpha value is -2.95. The van der Waals surface area contributed by atoms with Crippen molar-refractivity contribution in [2.75, 3.05) is 6.54 Å². The van der Waals surface area contributed by atoms with Gasteiger partial charge in [-0.1, -0.05) is 19.3 Å². The van der Waals surface area contributed by atoms with Crippen molar-refractivity contribution in [1.29, 1.82) is 0 Å². The second kappa shape index (κ2) is 9.68. The molecule has 0 radical (unpaired) electrons. The van der Waals surface area contributed by atoms with Gasteiger partial charge in [0.15, 0.2) is 0 Å². The van der Waals surface area contributed by atoms with Crippen molar-refractivity contribution >= 4 is 17.8 Å². The average molecular weight is 453 g/mol. The van der Waals surface area contributed by atoms with E-state index in [1.54, 1.807) is 20.8 Å². The van der Waals surface area contributed by atoms with Gasteiger partial charge in [0, 0.05) is 18.3 Å². The van der Waals surface area contributed by atoms with Crippen molar-refractivity contribution in [2.24, 2.45) is 5.73 Å². The minimum absolute atomic E-state index is 0.203. The molecule has 1 atom stereocenters. The third kappa shape index (κ3) is 5.84. The molecule has 0 spiro atoms. The van der Waals surface area contributed by atoms with Gasteiger partial charge in [0.2, 0.25) is 5.91 Å². The molecule has 4 N–H and O–H groups in total. The molecule has 1 aliphatic rings. The first-order chi connectivity index (χ1) is 14.8. The Morgan fingerprint density at radius 2 is 1.84 bits per heavy atom. The van der Waals surface area contributed by atoms with Crippen LogP contribution in [0.1, 0.15) is 58.4 Å². The van der Waals surface area contributed by atoms with E-state index >= 15 is 0 Å². The van der Waals surface area contributed by atoms with Gasteiger partial charge in [-0.15, -0.1) is 0 Å². The van der Waals surface area contributed by atoms with E-state index in [9.17, 15) is 29.1 Å². The maximum Gasteiger partial charge on any atom is 0.329 e. The largest absolute Gasteiger partial charge is 0.479 e. The Balaban J connectivity index is 2.41. The fourth-order valence-corrected chi connectivity index (χ4v) is 3.87. The number of aryl methyl sites for hydroxylation is 1. The highest BCUT2D eigenvalue weighted by atomic mass is 16.6. The summed E-state index contributed by atoms with van der Waals surface area (Å²) in [5.41, 5.74) is 2.52. The van der Waals surface area contributed by atoms with Gasteiger partial charge in [-0.25, -0.2) is 9.59 Å². The molecule has 1 unspecified atom stereocenters. The number of carboxylic acids is 1. The third-order valence-corrected chi connectivity index (χ3v) is 5.48. The zero-order valence-corrected chi connectivity index (χ0v) is 19.0. The molecule has 1 amide bonds. The van der Waals surface area contributed by atoms with E-state index in [0.717, 1.165) is 15.9 Å². The second-order valence-corrected chi connectivity index (χ2v) is 9.24. The first-order valence-corrected chi connectivity index (χ1v) is 10.6. The molecule has 178 valence electrons. The van der Waals surface area contributed by atoms with E-state index in [0.29, 0.717) is 12.8 Å². The average Bonchev–Trinajstić information content (AvgIpc) is 2.69. The number of nitrogens with one attached hydrogen (secondary N) is 1. The number of esters is 1. The van der Waals surface area contributed by atoms with Gasteiger partial charge in [0.25, 0.3) is 5.56 Å². The lowest BCUT2D eigenvalue weighted by molar-refractivity contribution is -0.166. The van der Waals surface area contributed by atoms with Crippen molar-refractivity contribution in [1.82, 2.24) is 14.5 Å². The molecule has 11 nitrogen and oxygen atoms in total. The fraction of sp³-hybridized carbons (Fsp3) is 0.667. The molecule has 2 rings (SSSR count). The van der Waals surface area contributed by atoms with Gasteiger partial charge in [0.1, 0.15) is 23.7 Å². The van der Waals surface area contributed by atoms with Crippen molar-refractivity contribution in [3.63, 3.8) is 0 Å². The van der Waals surface area contributed by atoms with E-state index in [1.807, 2.05) is 0 Å². The summed E-state index contributed by atoms with van der Waals surface area (Å²) in [7, 11) is 0. The standard InChI is InChI=1S/C21H32N4O7/c1-13-10-24(19(31)23-16(13)27)12-15(26)25(11-14(22)17(28)32-20(2,3)4)21(18(29)30)8-6-5-7-9-21/h10,14H,5-9,11-12,22H2,1-4H3,(H,29,30)(H,23,27,31). The molecule has 0 bridgehead atoms. The Bertz CT molecular complexity index is 983. The fourth-order valence-electron chi connectivity index (χ4n) is 3.87. The van der Waals surface area contributed by atoms with Gasteiger partial charge in [-0.2, -0.15) is 0 Å². The normalized spacial score (nSPS) is 16.8. The van der Waals surface area contributed by atoms with E-state index in [2.05, 4.69) is 4.98 Å². The van der Waals surface area contributed by atoms with Crippen LogP contribution in [0.3, 0.4) is 0 Å². The van der Waals surface area contributed by atoms with Gasteiger partial charge in [-0.05, 0) is 40.5 Å². The zero-order chi connectivity index (χ0) is 24.3. The summed E-state index contributed by atoms with van der Waals surface area (Å²) in [6.07, 6.45) is 3.65. The maximum atomic E-state index is 13.3. The number of rotatable bonds is 7. The molecule has 11 heteroatoms. The van der Waals surface area contributed by atoms with E-state index in [4.69, 9.17) is 10.5 Å². The lowest BCUT2D eigenvalue weighted by atomic mass is 9.79. The van der Waals surface area contributed by atoms with Crippen LogP contribution in [0.5, 0.6) is 0 Å². The number of carboxylic acid groups (broad SMARTS) is 1. The van der Waals surface area contributed by atoms with Crippen molar-refractivity contribution < 1.29 is 24.2 Å². The number of aliphatic carboxylic acids is 1. The van der Waals surface area contributed by atoms with Crippen LogP contribution < -0.4 is 17.0 Å². The number of carbonyl (C=O) groups is 3. The summed E-state index contributed by atoms with van der Waals surface area (Å²) in [4.78, 5) is 65.1. The minimum Gasteiger partial charge on any atom is -0.479 e. The molecular formula is C21H32N4O7. The van der Waals surface area contributed by atoms with Crippen LogP contribution in [0.15, 0.2) is 15.8 Å². The van der Waals surface area contributed by atoms with Crippen LogP contribution in [0, 0.1) is 6.92 Å². The van der Waals surface area contributed by atoms with Gasteiger partial charge < -0.3 is 20.5 Å². The Morgan fingerprint density at radius 3 is 2.38 bits per heavy atom. The molecule has 32 heavy (non-hydrogen) atoms. The molecular weight excluding hydrogens is 420 g/mol. The molecule has 1 aliphatic carbocycles. The molecule has 0 aromatic carbocycles. The number of H-pyrrole nitrogens is 1. The molecule has 1 saturated carbocycles. The smallest absolute Gasteiger partial charge is 0.329 e. The Kier molecular flexibility index (Phi) is 7.66. The number of hydrogen-bond acceptors (Lipinski definition) is 7. The van der Waals surface area contributed by atoms with E-state index < -0.39 is 52.8 Å². The summed E-state index contributed by atoms with van der Waals surface area (Å²) in [6.45, 7) is 5.61. The highest BCUT2D eigenvalue weighted by molar-refractivity contribution is 5.88. The number of carbonyl (C=O) groups excluding carboxylic acids is 2. The molecule has 1 aromatic rings. The SMILES string of the molecule is Cc1cn(CC(=O)N(CC(N)C(=O)OC(C)(C)C)C2(C(=O)O)CCCCC2)c(=O)[nH]c1=O. The van der Waals surface area contributed by atoms with Crippen molar-refractivity contribution in [3.05, 3.63) is 32.6 Å². The lowest BCUT2D eigenvalue weighted by Crippen LogP contribution is -2.62. The van der Waals surface area contributed by atoms with E-state index in [-0.39, 0.29) is 24.9 Å². The summed E-state index contributed by atoms with van der Waals surface area (Å²) in [5, 5.41) is 10.1. The summed E-state index contributed by atoms with van der Waals surface area (Å²) < 4.78 is 6.29. The lowest BCUT2D eigenvalue weighted by Gasteiger charge is -2.44. The summed E-state index contributed by atoms with van der Waals surface area (Å²) in [5.74, 6) is -2.64. The summed E-state index contributed by atoms with van der Waals surface area (Å²) >= 11 is 0. The van der Waals surface area contributed by atoms with Gasteiger partial charge >= 0.3 is 17.6 Å². The number of hydrogen-bond donors (Lipinski definition) is 3. The molecule has 0 saturated heterocycles. The number of nitrogens with two attached hydrogens (primary N) is 1. The molecule has 1 aromatic heterocycles. The number of ether oxygens (including phenoxy) is 1. The van der Waals surface area contributed by atoms with E-state index in [1.165, 1.54) is 13.1 Å². The van der Waals surface area contributed by atoms with Crippen LogP contribution in [-0.4, -0.2) is 61.1 Å².